The lowest BCUT2D eigenvalue weighted by atomic mass is 10.1. The second-order valence-corrected chi connectivity index (χ2v) is 5.95. The molecule has 4 N–H and O–H groups in total. The first-order chi connectivity index (χ1) is 12.3. The number of unbranched alkanes of at least 4 members (excludes halogenated alkanes) is 1. The van der Waals surface area contributed by atoms with Gasteiger partial charge >= 0.3 is 0 Å². The minimum absolute atomic E-state index is 0.181. The molecule has 0 radical (unpaired) electrons. The lowest BCUT2D eigenvalue weighted by Crippen LogP contribution is -2.48. The van der Waals surface area contributed by atoms with E-state index in [4.69, 9.17) is 10.5 Å². The van der Waals surface area contributed by atoms with Crippen LogP contribution in [0.4, 0.5) is 4.39 Å². The quantitative estimate of drug-likeness (QED) is 0.510. The van der Waals surface area contributed by atoms with Crippen molar-refractivity contribution in [1.82, 2.24) is 10.6 Å². The number of primary amides is 1. The van der Waals surface area contributed by atoms with E-state index in [1.165, 1.54) is 12.1 Å². The van der Waals surface area contributed by atoms with E-state index in [0.717, 1.165) is 5.56 Å². The van der Waals surface area contributed by atoms with Crippen molar-refractivity contribution in [3.8, 4) is 5.75 Å². The third kappa shape index (κ3) is 8.46. The maximum atomic E-state index is 13.2. The lowest BCUT2D eigenvalue weighted by molar-refractivity contribution is -0.131. The van der Waals surface area contributed by atoms with Crippen molar-refractivity contribution in [3.63, 3.8) is 0 Å². The highest BCUT2D eigenvalue weighted by molar-refractivity contribution is 5.91. The Balaban J connectivity index is 2.33. The first-order valence-electron chi connectivity index (χ1n) is 8.57. The van der Waals surface area contributed by atoms with Gasteiger partial charge in [-0.05, 0) is 44.4 Å². The van der Waals surface area contributed by atoms with Gasteiger partial charge in [0.05, 0.1) is 13.0 Å². The van der Waals surface area contributed by atoms with Gasteiger partial charge in [0.15, 0.2) is 0 Å². The molecule has 1 aromatic rings. The van der Waals surface area contributed by atoms with Crippen LogP contribution >= 0.6 is 0 Å². The molecule has 0 saturated carbocycles. The van der Waals surface area contributed by atoms with Gasteiger partial charge in [0, 0.05) is 19.0 Å². The molecule has 0 bridgehead atoms. The zero-order chi connectivity index (χ0) is 19.5. The zero-order valence-corrected chi connectivity index (χ0v) is 15.1. The molecule has 0 aliphatic heterocycles. The van der Waals surface area contributed by atoms with Crippen LogP contribution < -0.4 is 21.1 Å². The summed E-state index contributed by atoms with van der Waals surface area (Å²) in [6, 6.07) is 3.48. The maximum absolute atomic E-state index is 13.2. The van der Waals surface area contributed by atoms with Crippen molar-refractivity contribution in [2.75, 3.05) is 13.2 Å². The molecule has 8 heteroatoms. The molecular weight excluding hydrogens is 341 g/mol. The molecule has 0 aromatic heterocycles. The molecule has 7 nitrogen and oxygen atoms in total. The Morgan fingerprint density at radius 3 is 2.58 bits per heavy atom. The maximum Gasteiger partial charge on any atom is 0.243 e. The van der Waals surface area contributed by atoms with E-state index in [1.54, 1.807) is 19.9 Å². The highest BCUT2D eigenvalue weighted by atomic mass is 19.1. The largest absolute Gasteiger partial charge is 0.493 e. The Labute approximate surface area is 152 Å². The van der Waals surface area contributed by atoms with Gasteiger partial charge in [-0.2, -0.15) is 0 Å². The van der Waals surface area contributed by atoms with E-state index in [0.29, 0.717) is 31.7 Å². The number of carbonyl (C=O) groups is 3. The number of hydrogen-bond donors (Lipinski definition) is 3. The Kier molecular flexibility index (Phi) is 9.11. The van der Waals surface area contributed by atoms with Crippen LogP contribution in [0.3, 0.4) is 0 Å². The number of aryl methyl sites for hydroxylation is 1. The van der Waals surface area contributed by atoms with E-state index in [-0.39, 0.29) is 24.6 Å². The van der Waals surface area contributed by atoms with Gasteiger partial charge in [-0.15, -0.1) is 0 Å². The summed E-state index contributed by atoms with van der Waals surface area (Å²) in [6.45, 7) is 4.25. The van der Waals surface area contributed by atoms with Crippen LogP contribution in [0.25, 0.3) is 0 Å². The minimum Gasteiger partial charge on any atom is -0.493 e. The van der Waals surface area contributed by atoms with Gasteiger partial charge in [0.1, 0.15) is 17.6 Å². The van der Waals surface area contributed by atoms with Gasteiger partial charge < -0.3 is 21.1 Å². The van der Waals surface area contributed by atoms with Crippen molar-refractivity contribution in [3.05, 3.63) is 29.6 Å². The number of hydrogen-bond acceptors (Lipinski definition) is 4. The SMILES string of the molecule is CCNC(=O)C(CC(N)=O)NC(=O)CCCCOc1cc(C)cc(F)c1. The monoisotopic (exact) mass is 367 g/mol. The fourth-order valence-electron chi connectivity index (χ4n) is 2.34. The summed E-state index contributed by atoms with van der Waals surface area (Å²) < 4.78 is 18.7. The Morgan fingerprint density at radius 1 is 1.23 bits per heavy atom. The zero-order valence-electron chi connectivity index (χ0n) is 15.1. The van der Waals surface area contributed by atoms with Crippen LogP contribution in [0.2, 0.25) is 0 Å². The molecule has 0 spiro atoms. The molecule has 0 fully saturated rings. The van der Waals surface area contributed by atoms with E-state index in [1.807, 2.05) is 0 Å². The van der Waals surface area contributed by atoms with Crippen LogP contribution in [0.5, 0.6) is 5.75 Å². The van der Waals surface area contributed by atoms with E-state index in [2.05, 4.69) is 10.6 Å². The number of benzene rings is 1. The predicted molar refractivity (Wildman–Crippen MR) is 94.9 cm³/mol. The average Bonchev–Trinajstić information content (AvgIpc) is 2.52. The van der Waals surface area contributed by atoms with Crippen LogP contribution in [-0.2, 0) is 14.4 Å². The van der Waals surface area contributed by atoms with Crippen LogP contribution in [0.15, 0.2) is 18.2 Å². The summed E-state index contributed by atoms with van der Waals surface area (Å²) in [4.78, 5) is 34.8. The van der Waals surface area contributed by atoms with Crippen LogP contribution in [0.1, 0.15) is 38.2 Å². The molecule has 3 amide bonds. The van der Waals surface area contributed by atoms with Crippen LogP contribution in [-0.4, -0.2) is 36.9 Å². The number of halogens is 1. The summed E-state index contributed by atoms with van der Waals surface area (Å²) in [7, 11) is 0. The lowest BCUT2D eigenvalue weighted by Gasteiger charge is -2.16. The molecule has 1 atom stereocenters. The molecule has 26 heavy (non-hydrogen) atoms. The molecule has 0 heterocycles. The minimum atomic E-state index is -0.966. The molecule has 0 aliphatic carbocycles. The Hall–Kier alpha value is -2.64. The van der Waals surface area contributed by atoms with Crippen molar-refractivity contribution < 1.29 is 23.5 Å². The van der Waals surface area contributed by atoms with Crippen molar-refractivity contribution >= 4 is 17.7 Å². The molecule has 1 unspecified atom stereocenters. The molecule has 0 aliphatic rings. The summed E-state index contributed by atoms with van der Waals surface area (Å²) in [5, 5.41) is 5.06. The number of amides is 3. The van der Waals surface area contributed by atoms with E-state index >= 15 is 0 Å². The number of likely N-dealkylation sites (N-methyl/N-ethyl adjacent to an activating group) is 1. The molecule has 1 aromatic carbocycles. The third-order valence-corrected chi connectivity index (χ3v) is 3.49. The first kappa shape index (κ1) is 21.4. The number of ether oxygens (including phenoxy) is 1. The number of rotatable bonds is 11. The average molecular weight is 367 g/mol. The summed E-state index contributed by atoms with van der Waals surface area (Å²) in [5.74, 6) is -1.36. The smallest absolute Gasteiger partial charge is 0.243 e. The van der Waals surface area contributed by atoms with Gasteiger partial charge in [0.2, 0.25) is 17.7 Å². The van der Waals surface area contributed by atoms with E-state index < -0.39 is 17.9 Å². The highest BCUT2D eigenvalue weighted by Crippen LogP contribution is 2.16. The first-order valence-corrected chi connectivity index (χ1v) is 8.57. The standard InChI is InChI=1S/C18H26FN3O4/c1-3-21-18(25)15(11-16(20)23)22-17(24)6-4-5-7-26-14-9-12(2)8-13(19)10-14/h8-10,15H,3-7,11H2,1-2H3,(H2,20,23)(H,21,25)(H,22,24). The highest BCUT2D eigenvalue weighted by Gasteiger charge is 2.21. The van der Waals surface area contributed by atoms with Gasteiger partial charge in [-0.25, -0.2) is 4.39 Å². The topological polar surface area (TPSA) is 111 Å². The number of nitrogens with two attached hydrogens (primary N) is 1. The third-order valence-electron chi connectivity index (χ3n) is 3.49. The molecular formula is C18H26FN3O4. The fraction of sp³-hybridized carbons (Fsp3) is 0.500. The molecule has 144 valence electrons. The van der Waals surface area contributed by atoms with Gasteiger partial charge in [-0.3, -0.25) is 14.4 Å². The normalized spacial score (nSPS) is 11.5. The van der Waals surface area contributed by atoms with Gasteiger partial charge in [-0.1, -0.05) is 0 Å². The predicted octanol–water partition coefficient (Wildman–Crippen LogP) is 1.18. The second-order valence-electron chi connectivity index (χ2n) is 5.95. The van der Waals surface area contributed by atoms with Crippen molar-refractivity contribution in [2.45, 2.75) is 45.6 Å². The summed E-state index contributed by atoms with van der Waals surface area (Å²) in [6.07, 6.45) is 1.04. The Bertz CT molecular complexity index is 617. The van der Waals surface area contributed by atoms with Crippen molar-refractivity contribution in [1.29, 1.82) is 0 Å². The summed E-state index contributed by atoms with van der Waals surface area (Å²) in [5.41, 5.74) is 5.87. The second kappa shape index (κ2) is 11.1. The molecule has 0 saturated heterocycles. The molecule has 1 rings (SSSR count). The number of carbonyl (C=O) groups excluding carboxylic acids is 3. The number of nitrogens with one attached hydrogen (secondary N) is 2. The van der Waals surface area contributed by atoms with Crippen LogP contribution in [0, 0.1) is 12.7 Å². The fourth-order valence-corrected chi connectivity index (χ4v) is 2.34. The summed E-state index contributed by atoms with van der Waals surface area (Å²) >= 11 is 0. The van der Waals surface area contributed by atoms with E-state index in [9.17, 15) is 18.8 Å². The van der Waals surface area contributed by atoms with Gasteiger partial charge in [0.25, 0.3) is 0 Å². The van der Waals surface area contributed by atoms with Crippen molar-refractivity contribution in [2.24, 2.45) is 5.73 Å². The Morgan fingerprint density at radius 2 is 1.96 bits per heavy atom.